The predicted molar refractivity (Wildman–Crippen MR) is 434 cm³/mol. The Hall–Kier alpha value is -9.86. The van der Waals surface area contributed by atoms with Gasteiger partial charge in [-0.25, -0.2) is 0 Å². The normalized spacial score (nSPS) is 11.5. The van der Waals surface area contributed by atoms with Crippen molar-refractivity contribution in [3.05, 3.63) is 363 Å². The molecule has 20 rings (SSSR count). The van der Waals surface area contributed by atoms with Crippen LogP contribution in [0.3, 0.4) is 0 Å². The Balaban J connectivity index is 0.000000127. The molecule has 0 amide bonds. The number of rotatable bonds is 4. The minimum Gasteiger partial charge on any atom is -0.476 e. The Morgan fingerprint density at radius 1 is 0.291 bits per heavy atom. The van der Waals surface area contributed by atoms with Gasteiger partial charge in [0, 0.05) is 126 Å². The third-order valence-electron chi connectivity index (χ3n) is 19.3. The van der Waals surface area contributed by atoms with Gasteiger partial charge in [0.25, 0.3) is 0 Å². The van der Waals surface area contributed by atoms with Crippen LogP contribution in [-0.4, -0.2) is 19.9 Å². The zero-order chi connectivity index (χ0) is 71.7. The summed E-state index contributed by atoms with van der Waals surface area (Å²) < 4.78 is 12.6. The molecule has 0 saturated carbocycles. The van der Waals surface area contributed by atoms with Gasteiger partial charge in [-0.2, -0.15) is 0 Å². The quantitative estimate of drug-likeness (QED) is 0.161. The van der Waals surface area contributed by atoms with E-state index in [-0.39, 0.29) is 85.8 Å². The molecule has 0 unspecified atom stereocenters. The molecule has 0 aliphatic carbocycles. The van der Waals surface area contributed by atoms with Crippen molar-refractivity contribution in [2.75, 3.05) is 0 Å². The first-order chi connectivity index (χ1) is 52.0. The molecule has 4 aliphatic heterocycles. The summed E-state index contributed by atoms with van der Waals surface area (Å²) in [6.45, 7) is 10.8. The molecule has 544 valence electrons. The average Bonchev–Trinajstić information content (AvgIpc) is 1.61. The molecule has 0 bridgehead atoms. The van der Waals surface area contributed by atoms with Crippen LogP contribution in [0.5, 0.6) is 23.0 Å². The van der Waals surface area contributed by atoms with Crippen molar-refractivity contribution in [2.24, 2.45) is 0 Å². The molecule has 110 heavy (non-hydrogen) atoms. The first kappa shape index (κ1) is 78.3. The molecule has 4 radical (unpaired) electrons. The zero-order valence-corrected chi connectivity index (χ0v) is 71.6. The molecule has 16 aromatic rings. The molecular weight excluding hydrogens is 2100 g/mol. The van der Waals surface area contributed by atoms with Gasteiger partial charge in [-0.1, -0.05) is 288 Å². The molecule has 0 fully saturated rings. The van der Waals surface area contributed by atoms with Gasteiger partial charge in [0.1, 0.15) is 11.5 Å². The summed E-state index contributed by atoms with van der Waals surface area (Å²) in [4.78, 5) is 23.4. The number of para-hydroxylation sites is 2. The van der Waals surface area contributed by atoms with E-state index in [0.717, 1.165) is 113 Å². The van der Waals surface area contributed by atoms with Gasteiger partial charge in [0.2, 0.25) is 0 Å². The molecule has 0 N–H and O–H groups in total. The number of aromatic nitrogens is 4. The van der Waals surface area contributed by atoms with Crippen LogP contribution in [-0.2, 0) is 85.8 Å². The largest absolute Gasteiger partial charge is 0.476 e. The fourth-order valence-corrected chi connectivity index (χ4v) is 16.4. The van der Waals surface area contributed by atoms with Gasteiger partial charge in [0.15, 0.2) is 0 Å². The van der Waals surface area contributed by atoms with Crippen molar-refractivity contribution < 1.29 is 89.9 Å². The maximum absolute atomic E-state index is 6.33. The first-order valence-electron chi connectivity index (χ1n) is 35.4. The zero-order valence-electron chi connectivity index (χ0n) is 60.4. The van der Waals surface area contributed by atoms with Crippen LogP contribution in [0.2, 0.25) is 0 Å². The number of hydrogen-bond donors (Lipinski definition) is 0. The van der Waals surface area contributed by atoms with Crippen molar-refractivity contribution in [3.63, 3.8) is 0 Å². The molecule has 4 aromatic heterocycles. The van der Waals surface area contributed by atoms with Gasteiger partial charge in [-0.3, -0.25) is 0 Å². The van der Waals surface area contributed by atoms with E-state index < -0.39 is 0 Å². The maximum Gasteiger partial charge on any atom is 0.132 e. The smallest absolute Gasteiger partial charge is 0.132 e. The van der Waals surface area contributed by atoms with Crippen LogP contribution in [0.4, 0.5) is 0 Å². The Bertz CT molecular complexity index is 6030. The molecular formula is C98H68Ir4N4O2S2-4. The molecule has 12 aromatic carbocycles. The third-order valence-corrected chi connectivity index (χ3v) is 21.6. The second-order valence-electron chi connectivity index (χ2n) is 27.3. The molecule has 8 heterocycles. The van der Waals surface area contributed by atoms with Crippen LogP contribution < -0.4 is 9.47 Å². The number of fused-ring (bicyclic) bond motifs is 20. The van der Waals surface area contributed by atoms with Gasteiger partial charge in [-0.05, 0) is 140 Å². The van der Waals surface area contributed by atoms with Crippen molar-refractivity contribution in [3.8, 4) is 157 Å². The Kier molecular flexibility index (Phi) is 24.6. The minimum absolute atomic E-state index is 0. The maximum atomic E-state index is 6.33. The number of benzene rings is 12. The van der Waals surface area contributed by atoms with E-state index in [2.05, 4.69) is 285 Å². The van der Waals surface area contributed by atoms with Gasteiger partial charge >= 0.3 is 0 Å². The second kappa shape index (κ2) is 34.6. The number of pyridine rings is 4. The van der Waals surface area contributed by atoms with Crippen LogP contribution in [0, 0.1) is 38.1 Å². The van der Waals surface area contributed by atoms with Crippen LogP contribution >= 0.6 is 23.5 Å². The number of aryl methyl sites for hydroxylation is 2. The van der Waals surface area contributed by atoms with Crippen LogP contribution in [0.25, 0.3) is 134 Å². The van der Waals surface area contributed by atoms with E-state index >= 15 is 0 Å². The topological polar surface area (TPSA) is 70.0 Å². The Labute approximate surface area is 706 Å². The summed E-state index contributed by atoms with van der Waals surface area (Å²) in [6.07, 6.45) is 7.47. The summed E-state index contributed by atoms with van der Waals surface area (Å²) in [5, 5.41) is 0. The standard InChI is InChI=1S/C27H22NS.C24H16NO.C24H16NS.C23H14NO.4Ir/c1-27(2,3)19-14-15-28-24(17-19)18-12-13-23-21-9-5-4-8-20(21)22-10-6-7-11-25(22)29-26(23)16-18;1-16-12-13-25-22(14-16)17-10-11-21-19-7-3-2-6-18(19)20-8-4-5-9-23(20)26-24(21)15-17;1-16-13-14-21(25-15-16)20-10-6-12-23-24(20)19-9-3-2-7-17(19)18-8-4-5-11-22(18)26-23;1-2-10-18-16(8-1)17-9-3-4-13-21(17)25-22-14-7-11-19(23(18)22)20-12-5-6-15-24-20;;;;/h4-11,13-17H,1-3H3;2*2-9,11-15H,1H3;1-10,12-15H;;;;/q4*-1;;;;. The fraction of sp³-hybridized carbons (Fsp3) is 0.0612. The van der Waals surface area contributed by atoms with Crippen molar-refractivity contribution in [2.45, 2.75) is 59.6 Å². The predicted octanol–water partition coefficient (Wildman–Crippen LogP) is 26.6. The molecule has 6 nitrogen and oxygen atoms in total. The van der Waals surface area contributed by atoms with E-state index in [0.29, 0.717) is 0 Å². The Morgan fingerprint density at radius 3 is 1.33 bits per heavy atom. The molecule has 0 saturated heterocycles. The van der Waals surface area contributed by atoms with Gasteiger partial charge < -0.3 is 29.4 Å². The summed E-state index contributed by atoms with van der Waals surface area (Å²) in [6, 6.07) is 116. The Morgan fingerprint density at radius 2 is 0.736 bits per heavy atom. The molecule has 0 atom stereocenters. The van der Waals surface area contributed by atoms with E-state index in [1.54, 1.807) is 6.20 Å². The van der Waals surface area contributed by atoms with Gasteiger partial charge in [0.05, 0.1) is 11.5 Å². The van der Waals surface area contributed by atoms with Crippen molar-refractivity contribution >= 4 is 23.5 Å². The van der Waals surface area contributed by atoms with Crippen LogP contribution in [0.1, 0.15) is 37.5 Å². The van der Waals surface area contributed by atoms with E-state index in [1.807, 2.05) is 133 Å². The second-order valence-corrected chi connectivity index (χ2v) is 29.5. The van der Waals surface area contributed by atoms with E-state index in [1.165, 1.54) is 80.8 Å². The molecule has 4 aliphatic rings. The molecule has 0 spiro atoms. The SMILES string of the molecule is CC(C)(C)c1ccnc(-c2[c-]cc3c(c2)Sc2ccccc2-c2ccccc2-3)c1.Cc1ccc(-c2[c-]ccc3c2-c2ccccc2-c2ccccc2S3)nc1.Cc1ccnc(-c2[c-]cc3c(c2)Oc2ccccc2-c2ccccc2-3)c1.[Ir].[Ir].[Ir].[Ir].[c-]1ccc2c(c1-c1ccccn1)-c1ccccc1-c1ccccc1O2. The summed E-state index contributed by atoms with van der Waals surface area (Å²) in [5.41, 5.74) is 30.5. The van der Waals surface area contributed by atoms with Crippen molar-refractivity contribution in [1.82, 2.24) is 19.9 Å². The minimum atomic E-state index is 0. The van der Waals surface area contributed by atoms with E-state index in [4.69, 9.17) is 9.47 Å². The van der Waals surface area contributed by atoms with Crippen LogP contribution in [0.15, 0.2) is 342 Å². The number of ether oxygens (including phenoxy) is 2. The summed E-state index contributed by atoms with van der Waals surface area (Å²) in [7, 11) is 0. The van der Waals surface area contributed by atoms with E-state index in [9.17, 15) is 0 Å². The number of nitrogens with zero attached hydrogens (tertiary/aromatic N) is 4. The first-order valence-corrected chi connectivity index (χ1v) is 37.1. The van der Waals surface area contributed by atoms with Crippen molar-refractivity contribution in [1.29, 1.82) is 0 Å². The fourth-order valence-electron chi connectivity index (χ4n) is 14.1. The molecule has 12 heteroatoms. The monoisotopic (exact) mass is 2170 g/mol. The summed E-state index contributed by atoms with van der Waals surface area (Å²) in [5.74, 6) is 3.40. The number of hydrogen-bond acceptors (Lipinski definition) is 8. The van der Waals surface area contributed by atoms with Gasteiger partial charge in [-0.15, -0.1) is 106 Å². The average molecular weight is 2170 g/mol. The third kappa shape index (κ3) is 16.1. The summed E-state index contributed by atoms with van der Waals surface area (Å²) >= 11 is 3.65.